The maximum atomic E-state index is 12.2. The van der Waals surface area contributed by atoms with Crippen molar-refractivity contribution in [3.63, 3.8) is 0 Å². The highest BCUT2D eigenvalue weighted by atomic mass is 79.9. The zero-order valence-corrected chi connectivity index (χ0v) is 14.7. The van der Waals surface area contributed by atoms with Crippen LogP contribution < -0.4 is 15.4 Å². The van der Waals surface area contributed by atoms with Crippen LogP contribution in [-0.2, 0) is 4.79 Å². The minimum absolute atomic E-state index is 0. The Morgan fingerprint density at radius 3 is 2.86 bits per heavy atom. The molecule has 0 bridgehead atoms. The van der Waals surface area contributed by atoms with E-state index >= 15 is 0 Å². The summed E-state index contributed by atoms with van der Waals surface area (Å²) in [5.41, 5.74) is 1.06. The molecule has 4 nitrogen and oxygen atoms in total. The summed E-state index contributed by atoms with van der Waals surface area (Å²) in [7, 11) is 1.64. The molecule has 0 aliphatic carbocycles. The van der Waals surface area contributed by atoms with Crippen LogP contribution in [0.4, 0.5) is 0 Å². The number of nitrogens with one attached hydrogen (secondary N) is 2. The molecule has 0 radical (unpaired) electrons. The lowest BCUT2D eigenvalue weighted by Gasteiger charge is -2.24. The zero-order chi connectivity index (χ0) is 14.5. The molecular weight excluding hydrogens is 356 g/mol. The molecule has 2 atom stereocenters. The number of rotatable bonds is 4. The quantitative estimate of drug-likeness (QED) is 0.848. The third-order valence-corrected chi connectivity index (χ3v) is 4.32. The molecule has 1 aromatic rings. The predicted molar refractivity (Wildman–Crippen MR) is 90.1 cm³/mol. The molecule has 1 saturated heterocycles. The predicted octanol–water partition coefficient (Wildman–Crippen LogP) is 3.06. The van der Waals surface area contributed by atoms with Crippen molar-refractivity contribution in [1.82, 2.24) is 10.6 Å². The number of ether oxygens (including phenoxy) is 1. The Balaban J connectivity index is 0.00000220. The number of benzene rings is 1. The monoisotopic (exact) mass is 376 g/mol. The van der Waals surface area contributed by atoms with Gasteiger partial charge >= 0.3 is 0 Å². The summed E-state index contributed by atoms with van der Waals surface area (Å²) in [6.45, 7) is 3.80. The normalized spacial score (nSPS) is 19.3. The SMILES string of the molecule is COc1ccc(C(C)NC(=O)[C@@H]2CCCNC2)cc1Br.Cl. The van der Waals surface area contributed by atoms with E-state index in [1.807, 2.05) is 25.1 Å². The molecule has 21 heavy (non-hydrogen) atoms. The van der Waals surface area contributed by atoms with Gasteiger partial charge in [-0.25, -0.2) is 0 Å². The van der Waals surface area contributed by atoms with Crippen LogP contribution >= 0.6 is 28.3 Å². The van der Waals surface area contributed by atoms with Crippen molar-refractivity contribution < 1.29 is 9.53 Å². The number of amides is 1. The number of methoxy groups -OCH3 is 1. The van der Waals surface area contributed by atoms with E-state index in [4.69, 9.17) is 4.74 Å². The van der Waals surface area contributed by atoms with Gasteiger partial charge in [-0.2, -0.15) is 0 Å². The van der Waals surface area contributed by atoms with E-state index in [9.17, 15) is 4.79 Å². The van der Waals surface area contributed by atoms with Gasteiger partial charge < -0.3 is 15.4 Å². The first-order valence-corrected chi connectivity index (χ1v) is 7.75. The smallest absolute Gasteiger partial charge is 0.224 e. The van der Waals surface area contributed by atoms with Gasteiger partial charge in [0.2, 0.25) is 5.91 Å². The molecule has 6 heteroatoms. The van der Waals surface area contributed by atoms with E-state index in [0.717, 1.165) is 41.7 Å². The van der Waals surface area contributed by atoms with Gasteiger partial charge in [0.1, 0.15) is 5.75 Å². The first kappa shape index (κ1) is 18.3. The largest absolute Gasteiger partial charge is 0.496 e. The molecule has 2 rings (SSSR count). The van der Waals surface area contributed by atoms with E-state index in [2.05, 4.69) is 26.6 Å². The van der Waals surface area contributed by atoms with Crippen LogP contribution in [0.2, 0.25) is 0 Å². The van der Waals surface area contributed by atoms with E-state index < -0.39 is 0 Å². The van der Waals surface area contributed by atoms with E-state index in [-0.39, 0.29) is 30.3 Å². The standard InChI is InChI=1S/C15H21BrN2O2.ClH/c1-10(11-5-6-14(20-2)13(16)8-11)18-15(19)12-4-3-7-17-9-12;/h5-6,8,10,12,17H,3-4,7,9H2,1-2H3,(H,18,19);1H/t10?,12-;/m1./s1. The lowest BCUT2D eigenvalue weighted by molar-refractivity contribution is -0.126. The highest BCUT2D eigenvalue weighted by Gasteiger charge is 2.22. The van der Waals surface area contributed by atoms with Gasteiger partial charge in [-0.3, -0.25) is 4.79 Å². The summed E-state index contributed by atoms with van der Waals surface area (Å²) in [4.78, 5) is 12.2. The minimum atomic E-state index is -0.00775. The molecule has 1 heterocycles. The fourth-order valence-electron chi connectivity index (χ4n) is 2.44. The second-order valence-electron chi connectivity index (χ2n) is 5.17. The Kier molecular flexibility index (Phi) is 7.49. The van der Waals surface area contributed by atoms with Crippen LogP contribution in [0.15, 0.2) is 22.7 Å². The topological polar surface area (TPSA) is 50.4 Å². The van der Waals surface area contributed by atoms with Crippen molar-refractivity contribution in [1.29, 1.82) is 0 Å². The van der Waals surface area contributed by atoms with Crippen LogP contribution in [0, 0.1) is 5.92 Å². The van der Waals surface area contributed by atoms with E-state index in [0.29, 0.717) is 0 Å². The number of hydrogen-bond donors (Lipinski definition) is 2. The summed E-state index contributed by atoms with van der Waals surface area (Å²) < 4.78 is 6.11. The lowest BCUT2D eigenvalue weighted by Crippen LogP contribution is -2.41. The molecule has 1 fully saturated rings. The molecule has 0 saturated carbocycles. The molecule has 1 aliphatic heterocycles. The van der Waals surface area contributed by atoms with Gasteiger partial charge in [-0.15, -0.1) is 12.4 Å². The van der Waals surface area contributed by atoms with Gasteiger partial charge in [0, 0.05) is 6.54 Å². The number of carbonyl (C=O) groups is 1. The van der Waals surface area contributed by atoms with Crippen molar-refractivity contribution in [3.05, 3.63) is 28.2 Å². The van der Waals surface area contributed by atoms with Gasteiger partial charge in [0.15, 0.2) is 0 Å². The highest BCUT2D eigenvalue weighted by Crippen LogP contribution is 2.28. The van der Waals surface area contributed by atoms with Gasteiger partial charge in [-0.1, -0.05) is 6.07 Å². The van der Waals surface area contributed by atoms with Crippen LogP contribution in [0.3, 0.4) is 0 Å². The Morgan fingerprint density at radius 1 is 1.52 bits per heavy atom. The first-order valence-electron chi connectivity index (χ1n) is 6.96. The Hall–Kier alpha value is -0.780. The maximum Gasteiger partial charge on any atom is 0.224 e. The number of hydrogen-bond acceptors (Lipinski definition) is 3. The van der Waals surface area contributed by atoms with E-state index in [1.54, 1.807) is 7.11 Å². The van der Waals surface area contributed by atoms with Gasteiger partial charge in [0.05, 0.1) is 23.5 Å². The lowest BCUT2D eigenvalue weighted by atomic mass is 9.98. The number of halogens is 2. The second-order valence-corrected chi connectivity index (χ2v) is 6.02. The summed E-state index contributed by atoms with van der Waals surface area (Å²) in [5.74, 6) is 1.02. The zero-order valence-electron chi connectivity index (χ0n) is 12.3. The van der Waals surface area contributed by atoms with Crippen LogP contribution in [0.25, 0.3) is 0 Å². The van der Waals surface area contributed by atoms with Crippen molar-refractivity contribution >= 4 is 34.2 Å². The summed E-state index contributed by atoms with van der Waals surface area (Å²) in [6.07, 6.45) is 2.04. The molecule has 2 N–H and O–H groups in total. The van der Waals surface area contributed by atoms with Crippen LogP contribution in [-0.4, -0.2) is 26.1 Å². The third-order valence-electron chi connectivity index (χ3n) is 3.70. The summed E-state index contributed by atoms with van der Waals surface area (Å²) in [6, 6.07) is 5.87. The average molecular weight is 378 g/mol. The fraction of sp³-hybridized carbons (Fsp3) is 0.533. The Labute approximate surface area is 140 Å². The summed E-state index contributed by atoms with van der Waals surface area (Å²) >= 11 is 3.47. The Bertz CT molecular complexity index is 479. The molecule has 118 valence electrons. The van der Waals surface area contributed by atoms with Crippen molar-refractivity contribution in [2.45, 2.75) is 25.8 Å². The first-order chi connectivity index (χ1) is 9.61. The van der Waals surface area contributed by atoms with Crippen LogP contribution in [0.5, 0.6) is 5.75 Å². The van der Waals surface area contributed by atoms with E-state index in [1.165, 1.54) is 0 Å². The van der Waals surface area contributed by atoms with Gasteiger partial charge in [0.25, 0.3) is 0 Å². The summed E-state index contributed by atoms with van der Waals surface area (Å²) in [5, 5.41) is 6.36. The number of carbonyl (C=O) groups excluding carboxylic acids is 1. The molecule has 1 amide bonds. The Morgan fingerprint density at radius 2 is 2.29 bits per heavy atom. The molecule has 1 aliphatic rings. The molecule has 1 aromatic carbocycles. The van der Waals surface area contributed by atoms with Crippen LogP contribution in [0.1, 0.15) is 31.4 Å². The highest BCUT2D eigenvalue weighted by molar-refractivity contribution is 9.10. The molecule has 1 unspecified atom stereocenters. The van der Waals surface area contributed by atoms with Gasteiger partial charge in [-0.05, 0) is 59.9 Å². The molecule has 0 spiro atoms. The average Bonchev–Trinajstić information content (AvgIpc) is 2.48. The van der Waals surface area contributed by atoms with Crippen molar-refractivity contribution in [2.75, 3.05) is 20.2 Å². The molecular formula is C15H22BrClN2O2. The number of piperidine rings is 1. The van der Waals surface area contributed by atoms with Crippen molar-refractivity contribution in [3.8, 4) is 5.75 Å². The van der Waals surface area contributed by atoms with Crippen molar-refractivity contribution in [2.24, 2.45) is 5.92 Å². The third kappa shape index (κ3) is 4.87. The minimum Gasteiger partial charge on any atom is -0.496 e. The molecule has 0 aromatic heterocycles. The fourth-order valence-corrected chi connectivity index (χ4v) is 3.00. The maximum absolute atomic E-state index is 12.2. The second kappa shape index (κ2) is 8.61.